The third-order valence-electron chi connectivity index (χ3n) is 10.2. The van der Waals surface area contributed by atoms with Gasteiger partial charge in [0.2, 0.25) is 0 Å². The molecule has 54 heavy (non-hydrogen) atoms. The standard InChI is InChI=1S/C44H88NO8P/c1-4-6-8-10-12-14-16-18-20-21-23-25-27-29-31-33-35-37-44(47)53-42(41-52-54(48,49)51-39-38-45-3)40-50-43(46)36-34-32-30-28-26-24-22-19-17-15-13-11-9-7-5-2/h42,45H,4-41H2,1-3H3,(H,48,49). The molecule has 10 heteroatoms. The Bertz CT molecular complexity index is 860. The maximum atomic E-state index is 12.6. The number of rotatable bonds is 44. The highest BCUT2D eigenvalue weighted by Gasteiger charge is 2.26. The van der Waals surface area contributed by atoms with Crippen LogP contribution in [0.3, 0.4) is 0 Å². The molecule has 0 spiro atoms. The molecule has 9 nitrogen and oxygen atoms in total. The first-order valence-electron chi connectivity index (χ1n) is 23.0. The van der Waals surface area contributed by atoms with E-state index in [-0.39, 0.29) is 25.6 Å². The van der Waals surface area contributed by atoms with E-state index < -0.39 is 26.5 Å². The minimum atomic E-state index is -4.34. The average Bonchev–Trinajstić information content (AvgIpc) is 3.15. The number of carbonyl (C=O) groups is 2. The SMILES string of the molecule is CCCCCCCCCCCCCCCCCCCC(=O)OC(COC(=O)CCCCCCCCCCCCCCCCC)COP(=O)(O)OCCNC. The lowest BCUT2D eigenvalue weighted by atomic mass is 10.0. The highest BCUT2D eigenvalue weighted by molar-refractivity contribution is 7.47. The van der Waals surface area contributed by atoms with E-state index in [1.165, 1.54) is 167 Å². The Kier molecular flexibility index (Phi) is 40.9. The molecule has 0 saturated carbocycles. The molecule has 0 fully saturated rings. The van der Waals surface area contributed by atoms with Crippen molar-refractivity contribution in [2.45, 2.75) is 238 Å². The van der Waals surface area contributed by atoms with Crippen LogP contribution in [0.4, 0.5) is 0 Å². The normalized spacial score (nSPS) is 13.2. The van der Waals surface area contributed by atoms with Crippen molar-refractivity contribution in [2.24, 2.45) is 0 Å². The second-order valence-corrected chi connectivity index (χ2v) is 17.1. The number of nitrogens with one attached hydrogen (secondary N) is 1. The average molecular weight is 790 g/mol. The van der Waals surface area contributed by atoms with Gasteiger partial charge in [-0.2, -0.15) is 0 Å². The second-order valence-electron chi connectivity index (χ2n) is 15.6. The summed E-state index contributed by atoms with van der Waals surface area (Å²) in [5.74, 6) is -0.789. The van der Waals surface area contributed by atoms with E-state index in [1.54, 1.807) is 7.05 Å². The van der Waals surface area contributed by atoms with Gasteiger partial charge < -0.3 is 19.7 Å². The molecule has 0 aromatic rings. The summed E-state index contributed by atoms with van der Waals surface area (Å²) in [4.78, 5) is 35.1. The Morgan fingerprint density at radius 3 is 1.19 bits per heavy atom. The molecular weight excluding hydrogens is 701 g/mol. The van der Waals surface area contributed by atoms with E-state index in [2.05, 4.69) is 19.2 Å². The van der Waals surface area contributed by atoms with Crippen molar-refractivity contribution in [3.8, 4) is 0 Å². The predicted molar refractivity (Wildman–Crippen MR) is 225 cm³/mol. The zero-order valence-electron chi connectivity index (χ0n) is 35.7. The first-order chi connectivity index (χ1) is 26.3. The molecule has 0 amide bonds. The van der Waals surface area contributed by atoms with Crippen LogP contribution in [0.2, 0.25) is 0 Å². The molecule has 0 aliphatic rings. The highest BCUT2D eigenvalue weighted by atomic mass is 31.2. The number of unbranched alkanes of at least 4 members (excludes halogenated alkanes) is 30. The fourth-order valence-corrected chi connectivity index (χ4v) is 7.48. The topological polar surface area (TPSA) is 120 Å². The predicted octanol–water partition coefficient (Wildman–Crippen LogP) is 13.1. The van der Waals surface area contributed by atoms with Gasteiger partial charge in [-0.15, -0.1) is 0 Å². The summed E-state index contributed by atoms with van der Waals surface area (Å²) >= 11 is 0. The Balaban J connectivity index is 4.14. The minimum Gasteiger partial charge on any atom is -0.462 e. The Labute approximate surface area is 333 Å². The van der Waals surface area contributed by atoms with Crippen molar-refractivity contribution >= 4 is 19.8 Å². The summed E-state index contributed by atoms with van der Waals surface area (Å²) < 4.78 is 33.2. The quantitative estimate of drug-likeness (QED) is 0.0353. The van der Waals surface area contributed by atoms with Gasteiger partial charge in [0.25, 0.3) is 0 Å². The van der Waals surface area contributed by atoms with Gasteiger partial charge in [-0.05, 0) is 19.9 Å². The Morgan fingerprint density at radius 1 is 0.500 bits per heavy atom. The maximum Gasteiger partial charge on any atom is 0.472 e. The first-order valence-corrected chi connectivity index (χ1v) is 24.5. The van der Waals surface area contributed by atoms with Gasteiger partial charge in [-0.25, -0.2) is 4.57 Å². The summed E-state index contributed by atoms with van der Waals surface area (Å²) in [6.07, 6.45) is 40.0. The number of ether oxygens (including phenoxy) is 2. The van der Waals surface area contributed by atoms with E-state index >= 15 is 0 Å². The smallest absolute Gasteiger partial charge is 0.462 e. The largest absolute Gasteiger partial charge is 0.472 e. The van der Waals surface area contributed by atoms with Gasteiger partial charge in [-0.1, -0.05) is 206 Å². The van der Waals surface area contributed by atoms with Gasteiger partial charge in [0.15, 0.2) is 6.10 Å². The van der Waals surface area contributed by atoms with Crippen LogP contribution in [0.25, 0.3) is 0 Å². The summed E-state index contributed by atoms with van der Waals surface area (Å²) in [6.45, 7) is 4.27. The molecule has 0 rings (SSSR count). The van der Waals surface area contributed by atoms with Crippen molar-refractivity contribution in [1.29, 1.82) is 0 Å². The molecule has 0 aliphatic carbocycles. The van der Waals surface area contributed by atoms with Crippen molar-refractivity contribution in [3.05, 3.63) is 0 Å². The van der Waals surface area contributed by atoms with Gasteiger partial charge in [0.1, 0.15) is 6.61 Å². The van der Waals surface area contributed by atoms with Crippen molar-refractivity contribution in [2.75, 3.05) is 33.4 Å². The number of phosphoric ester groups is 1. The van der Waals surface area contributed by atoms with Crippen LogP contribution >= 0.6 is 7.82 Å². The van der Waals surface area contributed by atoms with Gasteiger partial charge in [-0.3, -0.25) is 18.6 Å². The van der Waals surface area contributed by atoms with Crippen LogP contribution in [0.1, 0.15) is 232 Å². The lowest BCUT2D eigenvalue weighted by Gasteiger charge is -2.20. The van der Waals surface area contributed by atoms with E-state index in [0.717, 1.165) is 38.5 Å². The van der Waals surface area contributed by atoms with Crippen molar-refractivity contribution in [3.63, 3.8) is 0 Å². The zero-order chi connectivity index (χ0) is 39.6. The van der Waals surface area contributed by atoms with E-state index in [4.69, 9.17) is 18.5 Å². The molecule has 0 aromatic carbocycles. The lowest BCUT2D eigenvalue weighted by Crippen LogP contribution is -2.29. The minimum absolute atomic E-state index is 0.0116. The van der Waals surface area contributed by atoms with E-state index in [9.17, 15) is 19.0 Å². The maximum absolute atomic E-state index is 12.6. The molecule has 322 valence electrons. The van der Waals surface area contributed by atoms with E-state index in [1.807, 2.05) is 0 Å². The fraction of sp³-hybridized carbons (Fsp3) is 0.955. The van der Waals surface area contributed by atoms with Crippen LogP contribution in [-0.2, 0) is 32.7 Å². The molecule has 2 N–H and O–H groups in total. The summed E-state index contributed by atoms with van der Waals surface area (Å²) in [6, 6.07) is 0. The van der Waals surface area contributed by atoms with Gasteiger partial charge in [0, 0.05) is 19.4 Å². The van der Waals surface area contributed by atoms with Crippen LogP contribution in [-0.4, -0.2) is 56.3 Å². The number of phosphoric acid groups is 1. The van der Waals surface area contributed by atoms with Crippen LogP contribution < -0.4 is 5.32 Å². The third-order valence-corrected chi connectivity index (χ3v) is 11.2. The van der Waals surface area contributed by atoms with Crippen molar-refractivity contribution in [1.82, 2.24) is 5.32 Å². The van der Waals surface area contributed by atoms with E-state index in [0.29, 0.717) is 13.0 Å². The number of carbonyl (C=O) groups excluding carboxylic acids is 2. The van der Waals surface area contributed by atoms with Crippen LogP contribution in [0.5, 0.6) is 0 Å². The molecule has 2 atom stereocenters. The monoisotopic (exact) mass is 790 g/mol. The summed E-state index contributed by atoms with van der Waals surface area (Å²) in [5.41, 5.74) is 0. The Hall–Kier alpha value is -0.990. The summed E-state index contributed by atoms with van der Waals surface area (Å²) in [5, 5.41) is 2.83. The van der Waals surface area contributed by atoms with Crippen LogP contribution in [0, 0.1) is 0 Å². The molecule has 2 unspecified atom stereocenters. The second kappa shape index (κ2) is 41.6. The molecular formula is C44H88NO8P. The third kappa shape index (κ3) is 40.7. The number of likely N-dealkylation sites (N-methyl/N-ethyl adjacent to an activating group) is 1. The molecule has 0 saturated heterocycles. The van der Waals surface area contributed by atoms with Crippen molar-refractivity contribution < 1.29 is 37.6 Å². The fourth-order valence-electron chi connectivity index (χ4n) is 6.73. The first kappa shape index (κ1) is 53.0. The number of hydrogen-bond acceptors (Lipinski definition) is 8. The Morgan fingerprint density at radius 2 is 0.833 bits per heavy atom. The number of hydrogen-bond donors (Lipinski definition) is 2. The molecule has 0 aromatic heterocycles. The van der Waals surface area contributed by atoms with Gasteiger partial charge >= 0.3 is 19.8 Å². The van der Waals surface area contributed by atoms with Crippen LogP contribution in [0.15, 0.2) is 0 Å². The molecule has 0 radical (unpaired) electrons. The number of esters is 2. The molecule has 0 bridgehead atoms. The summed E-state index contributed by atoms with van der Waals surface area (Å²) in [7, 11) is -2.64. The van der Waals surface area contributed by atoms with Gasteiger partial charge in [0.05, 0.1) is 13.2 Å². The lowest BCUT2D eigenvalue weighted by molar-refractivity contribution is -0.161. The highest BCUT2D eigenvalue weighted by Crippen LogP contribution is 2.43. The molecule has 0 aliphatic heterocycles. The molecule has 0 heterocycles. The zero-order valence-corrected chi connectivity index (χ0v) is 36.6.